The van der Waals surface area contributed by atoms with E-state index in [1.54, 1.807) is 6.07 Å². The number of imidazole rings is 1. The zero-order chi connectivity index (χ0) is 15.4. The molecule has 1 unspecified atom stereocenters. The minimum absolute atomic E-state index is 0.0860. The number of halogens is 1. The molecule has 1 heterocycles. The molecule has 21 heavy (non-hydrogen) atoms. The lowest BCUT2D eigenvalue weighted by atomic mass is 10.2. The van der Waals surface area contributed by atoms with Gasteiger partial charge in [-0.25, -0.2) is 9.37 Å². The summed E-state index contributed by atoms with van der Waals surface area (Å²) in [6.07, 6.45) is 0.908. The molecule has 2 aromatic rings. The van der Waals surface area contributed by atoms with Crippen LogP contribution in [-0.4, -0.2) is 33.6 Å². The molecule has 0 radical (unpaired) electrons. The Bertz CT molecular complexity index is 589. The molecule has 5 heteroatoms. The average molecular weight is 292 g/mol. The molecule has 0 fully saturated rings. The highest BCUT2D eigenvalue weighted by Crippen LogP contribution is 2.19. The first kappa shape index (κ1) is 15.9. The number of rotatable bonds is 7. The predicted molar refractivity (Wildman–Crippen MR) is 84.6 cm³/mol. The number of nitrogens with zero attached hydrogens (tertiary/aromatic N) is 3. The van der Waals surface area contributed by atoms with Gasteiger partial charge < -0.3 is 10.3 Å². The fourth-order valence-corrected chi connectivity index (χ4v) is 2.49. The first-order valence-electron chi connectivity index (χ1n) is 7.71. The van der Waals surface area contributed by atoms with Crippen LogP contribution in [0, 0.1) is 5.82 Å². The molecular formula is C16H25FN4. The molecule has 0 aliphatic rings. The number of hydrogen-bond acceptors (Lipinski definition) is 3. The lowest BCUT2D eigenvalue weighted by Gasteiger charge is -2.20. The molecule has 0 amide bonds. The maximum Gasteiger partial charge on any atom is 0.125 e. The first-order chi connectivity index (χ1) is 10.1. The molecule has 0 aliphatic heterocycles. The second-order valence-electron chi connectivity index (χ2n) is 5.40. The van der Waals surface area contributed by atoms with Crippen molar-refractivity contribution < 1.29 is 4.39 Å². The van der Waals surface area contributed by atoms with Gasteiger partial charge in [0.15, 0.2) is 0 Å². The number of hydrogen-bond donors (Lipinski definition) is 1. The van der Waals surface area contributed by atoms with E-state index in [0.29, 0.717) is 5.52 Å². The number of aromatic nitrogens is 2. The van der Waals surface area contributed by atoms with Crippen LogP contribution in [0.5, 0.6) is 0 Å². The Balaban J connectivity index is 2.43. The van der Waals surface area contributed by atoms with Crippen LogP contribution in [0.2, 0.25) is 0 Å². The van der Waals surface area contributed by atoms with Crippen LogP contribution >= 0.6 is 0 Å². The standard InChI is InChI=1S/C16H25FN4/c1-4-13(18)10-21-15-8-7-12(17)9-14(15)19-16(21)11-20(5-2)6-3/h7-9,13H,4-6,10-11,18H2,1-3H3. The van der Waals surface area contributed by atoms with Crippen LogP contribution < -0.4 is 5.73 Å². The third kappa shape index (κ3) is 3.60. The monoisotopic (exact) mass is 292 g/mol. The van der Waals surface area contributed by atoms with Crippen LogP contribution in [0.3, 0.4) is 0 Å². The fraction of sp³-hybridized carbons (Fsp3) is 0.562. The number of benzene rings is 1. The van der Waals surface area contributed by atoms with Crippen molar-refractivity contribution in [1.29, 1.82) is 0 Å². The van der Waals surface area contributed by atoms with Crippen molar-refractivity contribution in [3.63, 3.8) is 0 Å². The van der Waals surface area contributed by atoms with E-state index >= 15 is 0 Å². The maximum atomic E-state index is 13.4. The van der Waals surface area contributed by atoms with E-state index in [-0.39, 0.29) is 11.9 Å². The molecule has 0 spiro atoms. The van der Waals surface area contributed by atoms with E-state index in [0.717, 1.165) is 43.9 Å². The molecule has 0 saturated heterocycles. The zero-order valence-electron chi connectivity index (χ0n) is 13.1. The van der Waals surface area contributed by atoms with Gasteiger partial charge in [0.1, 0.15) is 11.6 Å². The molecule has 1 atom stereocenters. The predicted octanol–water partition coefficient (Wildman–Crippen LogP) is 2.75. The van der Waals surface area contributed by atoms with E-state index in [4.69, 9.17) is 5.73 Å². The highest BCUT2D eigenvalue weighted by atomic mass is 19.1. The lowest BCUT2D eigenvalue weighted by Crippen LogP contribution is -2.29. The van der Waals surface area contributed by atoms with E-state index in [9.17, 15) is 4.39 Å². The van der Waals surface area contributed by atoms with Crippen molar-refractivity contribution >= 4 is 11.0 Å². The summed E-state index contributed by atoms with van der Waals surface area (Å²) < 4.78 is 15.6. The molecular weight excluding hydrogens is 267 g/mol. The second kappa shape index (κ2) is 7.00. The van der Waals surface area contributed by atoms with Gasteiger partial charge in [-0.1, -0.05) is 20.8 Å². The topological polar surface area (TPSA) is 47.1 Å². The normalized spacial score (nSPS) is 13.2. The Labute approximate surface area is 125 Å². The van der Waals surface area contributed by atoms with E-state index in [2.05, 4.69) is 35.2 Å². The van der Waals surface area contributed by atoms with Crippen LogP contribution in [0.15, 0.2) is 18.2 Å². The quantitative estimate of drug-likeness (QED) is 0.853. The third-order valence-electron chi connectivity index (χ3n) is 3.99. The van der Waals surface area contributed by atoms with Gasteiger partial charge in [-0.05, 0) is 31.6 Å². The van der Waals surface area contributed by atoms with Crippen molar-refractivity contribution in [3.8, 4) is 0 Å². The molecule has 0 aliphatic carbocycles. The summed E-state index contributed by atoms with van der Waals surface area (Å²) in [5.41, 5.74) is 7.78. The summed E-state index contributed by atoms with van der Waals surface area (Å²) in [7, 11) is 0. The van der Waals surface area contributed by atoms with Gasteiger partial charge in [-0.15, -0.1) is 0 Å². The Morgan fingerprint density at radius 3 is 2.62 bits per heavy atom. The summed E-state index contributed by atoms with van der Waals surface area (Å²) in [4.78, 5) is 6.92. The molecule has 1 aromatic carbocycles. The molecule has 0 saturated carbocycles. The smallest absolute Gasteiger partial charge is 0.125 e. The Hall–Kier alpha value is -1.46. The Morgan fingerprint density at radius 1 is 1.29 bits per heavy atom. The minimum Gasteiger partial charge on any atom is -0.326 e. The largest absolute Gasteiger partial charge is 0.326 e. The summed E-state index contributed by atoms with van der Waals surface area (Å²) in [6, 6.07) is 4.86. The zero-order valence-corrected chi connectivity index (χ0v) is 13.1. The molecule has 1 aromatic heterocycles. The molecule has 4 nitrogen and oxygen atoms in total. The Morgan fingerprint density at radius 2 is 2.00 bits per heavy atom. The van der Waals surface area contributed by atoms with Crippen LogP contribution in [0.4, 0.5) is 4.39 Å². The number of nitrogens with two attached hydrogens (primary N) is 1. The highest BCUT2D eigenvalue weighted by molar-refractivity contribution is 5.76. The van der Waals surface area contributed by atoms with Crippen LogP contribution in [-0.2, 0) is 13.1 Å². The molecule has 2 N–H and O–H groups in total. The second-order valence-corrected chi connectivity index (χ2v) is 5.40. The summed E-state index contributed by atoms with van der Waals surface area (Å²) in [5.74, 6) is 0.713. The van der Waals surface area contributed by atoms with Crippen molar-refractivity contribution in [2.45, 2.75) is 46.3 Å². The van der Waals surface area contributed by atoms with Crippen molar-refractivity contribution in [2.24, 2.45) is 5.73 Å². The minimum atomic E-state index is -0.249. The first-order valence-corrected chi connectivity index (χ1v) is 7.71. The van der Waals surface area contributed by atoms with Crippen molar-refractivity contribution in [1.82, 2.24) is 14.5 Å². The Kier molecular flexibility index (Phi) is 5.31. The van der Waals surface area contributed by atoms with Gasteiger partial charge >= 0.3 is 0 Å². The highest BCUT2D eigenvalue weighted by Gasteiger charge is 2.15. The van der Waals surface area contributed by atoms with E-state index in [1.807, 2.05) is 0 Å². The van der Waals surface area contributed by atoms with Gasteiger partial charge in [-0.3, -0.25) is 4.90 Å². The summed E-state index contributed by atoms with van der Waals surface area (Å²) in [5, 5.41) is 0. The van der Waals surface area contributed by atoms with Gasteiger partial charge in [0.2, 0.25) is 0 Å². The SMILES string of the molecule is CCC(N)Cn1c(CN(CC)CC)nc2cc(F)ccc21. The van der Waals surface area contributed by atoms with E-state index in [1.165, 1.54) is 12.1 Å². The summed E-state index contributed by atoms with van der Waals surface area (Å²) in [6.45, 7) is 9.76. The average Bonchev–Trinajstić information content (AvgIpc) is 2.81. The van der Waals surface area contributed by atoms with E-state index < -0.39 is 0 Å². The fourth-order valence-electron chi connectivity index (χ4n) is 2.49. The van der Waals surface area contributed by atoms with Gasteiger partial charge in [0, 0.05) is 18.7 Å². The van der Waals surface area contributed by atoms with Crippen molar-refractivity contribution in [2.75, 3.05) is 13.1 Å². The number of fused-ring (bicyclic) bond motifs is 1. The van der Waals surface area contributed by atoms with Gasteiger partial charge in [0.25, 0.3) is 0 Å². The van der Waals surface area contributed by atoms with Gasteiger partial charge in [-0.2, -0.15) is 0 Å². The third-order valence-corrected chi connectivity index (χ3v) is 3.99. The van der Waals surface area contributed by atoms with Gasteiger partial charge in [0.05, 0.1) is 17.6 Å². The lowest BCUT2D eigenvalue weighted by molar-refractivity contribution is 0.283. The molecule has 0 bridgehead atoms. The van der Waals surface area contributed by atoms with Crippen LogP contribution in [0.25, 0.3) is 11.0 Å². The van der Waals surface area contributed by atoms with Crippen molar-refractivity contribution in [3.05, 3.63) is 29.8 Å². The molecule has 2 rings (SSSR count). The maximum absolute atomic E-state index is 13.4. The van der Waals surface area contributed by atoms with Crippen LogP contribution in [0.1, 0.15) is 33.0 Å². The summed E-state index contributed by atoms with van der Waals surface area (Å²) >= 11 is 0. The molecule has 116 valence electrons.